The molecule has 0 bridgehead atoms. The number of methoxy groups -OCH3 is 2. The average molecular weight is 496 g/mol. The molecule has 0 N–H and O–H groups in total. The lowest BCUT2D eigenvalue weighted by Gasteiger charge is -2.17. The molecule has 29 heavy (non-hydrogen) atoms. The molecule has 0 radical (unpaired) electrons. The van der Waals surface area contributed by atoms with Gasteiger partial charge in [-0.05, 0) is 48.7 Å². The average Bonchev–Trinajstić information content (AvgIpc) is 2.98. The van der Waals surface area contributed by atoms with Crippen LogP contribution in [0.1, 0.15) is 18.1 Å². The van der Waals surface area contributed by atoms with E-state index in [1.54, 1.807) is 19.1 Å². The molecule has 1 saturated heterocycles. The van der Waals surface area contributed by atoms with E-state index in [2.05, 4.69) is 15.9 Å². The van der Waals surface area contributed by atoms with Gasteiger partial charge >= 0.3 is 0 Å². The monoisotopic (exact) mass is 495 g/mol. The smallest absolute Gasteiger partial charge is 0.242 e. The first kappa shape index (κ1) is 21.9. The molecule has 1 fully saturated rings. The van der Waals surface area contributed by atoms with Crippen molar-refractivity contribution in [2.45, 2.75) is 25.1 Å². The van der Waals surface area contributed by atoms with Crippen molar-refractivity contribution in [2.24, 2.45) is 0 Å². The number of carbonyl (C=O) groups excluding carboxylic acids is 1. The third kappa shape index (κ3) is 5.05. The van der Waals surface area contributed by atoms with E-state index in [0.29, 0.717) is 35.4 Å². The maximum absolute atomic E-state index is 13.0. The second-order valence-electron chi connectivity index (χ2n) is 6.38. The van der Waals surface area contributed by atoms with E-state index < -0.39 is 0 Å². The van der Waals surface area contributed by atoms with Crippen LogP contribution in [0.5, 0.6) is 17.2 Å². The molecular weight excluding hydrogens is 474 g/mol. The predicted molar refractivity (Wildman–Crippen MR) is 123 cm³/mol. The topological polar surface area (TPSA) is 48.0 Å². The Labute approximate surface area is 188 Å². The van der Waals surface area contributed by atoms with Crippen molar-refractivity contribution in [3.8, 4) is 17.2 Å². The Morgan fingerprint density at radius 1 is 1.14 bits per heavy atom. The number of thioether (sulfide) groups is 1. The van der Waals surface area contributed by atoms with Crippen molar-refractivity contribution in [1.29, 1.82) is 0 Å². The van der Waals surface area contributed by atoms with Crippen molar-refractivity contribution >= 4 is 50.1 Å². The Morgan fingerprint density at radius 3 is 2.48 bits per heavy atom. The second-order valence-corrected chi connectivity index (χ2v) is 9.07. The minimum atomic E-state index is -0.264. The van der Waals surface area contributed by atoms with Crippen LogP contribution in [0.4, 0.5) is 0 Å². The Kier molecular flexibility index (Phi) is 7.43. The van der Waals surface area contributed by atoms with Crippen LogP contribution in [0.2, 0.25) is 0 Å². The molecule has 1 amide bonds. The molecule has 1 aliphatic rings. The SMILES string of the molecule is CCOc1cc(C[C@@H]2SC(=S)N(Cc3ccc(OC)cc3)C2=O)c(Br)cc1OC. The summed E-state index contributed by atoms with van der Waals surface area (Å²) >= 11 is 10.5. The zero-order valence-corrected chi connectivity index (χ0v) is 19.7. The normalized spacial score (nSPS) is 16.3. The summed E-state index contributed by atoms with van der Waals surface area (Å²) in [6.07, 6.45) is 0.549. The van der Waals surface area contributed by atoms with Gasteiger partial charge in [-0.1, -0.05) is 52.0 Å². The maximum atomic E-state index is 13.0. The van der Waals surface area contributed by atoms with Gasteiger partial charge in [-0.2, -0.15) is 0 Å². The Balaban J connectivity index is 1.74. The summed E-state index contributed by atoms with van der Waals surface area (Å²) in [4.78, 5) is 14.7. The first-order valence-corrected chi connectivity index (χ1v) is 11.2. The number of ether oxygens (including phenoxy) is 3. The number of halogens is 1. The van der Waals surface area contributed by atoms with Crippen molar-refractivity contribution in [3.05, 3.63) is 52.0 Å². The van der Waals surface area contributed by atoms with E-state index in [4.69, 9.17) is 26.4 Å². The fourth-order valence-corrected chi connectivity index (χ4v) is 5.05. The van der Waals surface area contributed by atoms with Gasteiger partial charge in [0.2, 0.25) is 5.91 Å². The molecule has 8 heteroatoms. The van der Waals surface area contributed by atoms with Crippen LogP contribution in [0.25, 0.3) is 0 Å². The second kappa shape index (κ2) is 9.82. The number of thiocarbonyl (C=S) groups is 1. The van der Waals surface area contributed by atoms with Crippen molar-refractivity contribution in [3.63, 3.8) is 0 Å². The summed E-state index contributed by atoms with van der Waals surface area (Å²) in [5.41, 5.74) is 1.99. The quantitative estimate of drug-likeness (QED) is 0.488. The summed E-state index contributed by atoms with van der Waals surface area (Å²) in [6.45, 7) is 2.92. The lowest BCUT2D eigenvalue weighted by atomic mass is 10.1. The van der Waals surface area contributed by atoms with E-state index in [1.165, 1.54) is 11.8 Å². The molecule has 154 valence electrons. The highest BCUT2D eigenvalue weighted by Gasteiger charge is 2.37. The van der Waals surface area contributed by atoms with Gasteiger partial charge in [-0.15, -0.1) is 0 Å². The molecule has 0 saturated carbocycles. The van der Waals surface area contributed by atoms with E-state index in [1.807, 2.05) is 43.3 Å². The molecule has 0 aliphatic carbocycles. The van der Waals surface area contributed by atoms with E-state index in [9.17, 15) is 4.79 Å². The zero-order chi connectivity index (χ0) is 21.0. The number of hydrogen-bond donors (Lipinski definition) is 0. The highest BCUT2D eigenvalue weighted by atomic mass is 79.9. The van der Waals surface area contributed by atoms with Gasteiger partial charge in [-0.25, -0.2) is 0 Å². The van der Waals surface area contributed by atoms with Crippen LogP contribution in [0.3, 0.4) is 0 Å². The Bertz CT molecular complexity index is 904. The van der Waals surface area contributed by atoms with Crippen LogP contribution in [0.15, 0.2) is 40.9 Å². The van der Waals surface area contributed by atoms with Crippen LogP contribution in [-0.4, -0.2) is 41.2 Å². The van der Waals surface area contributed by atoms with Gasteiger partial charge < -0.3 is 14.2 Å². The first-order chi connectivity index (χ1) is 14.0. The van der Waals surface area contributed by atoms with Gasteiger partial charge in [0.05, 0.1) is 32.6 Å². The largest absolute Gasteiger partial charge is 0.497 e. The molecule has 0 unspecified atom stereocenters. The van der Waals surface area contributed by atoms with Gasteiger partial charge in [0.25, 0.3) is 0 Å². The number of nitrogens with zero attached hydrogens (tertiary/aromatic N) is 1. The van der Waals surface area contributed by atoms with E-state index in [-0.39, 0.29) is 11.2 Å². The molecule has 2 aromatic carbocycles. The van der Waals surface area contributed by atoms with Gasteiger partial charge in [0.1, 0.15) is 10.1 Å². The van der Waals surface area contributed by atoms with Crippen LogP contribution >= 0.6 is 39.9 Å². The molecule has 3 rings (SSSR count). The van der Waals surface area contributed by atoms with E-state index in [0.717, 1.165) is 21.3 Å². The van der Waals surface area contributed by atoms with Crippen LogP contribution in [0, 0.1) is 0 Å². The molecule has 1 heterocycles. The van der Waals surface area contributed by atoms with Crippen molar-refractivity contribution in [1.82, 2.24) is 4.90 Å². The molecule has 5 nitrogen and oxygen atoms in total. The first-order valence-electron chi connectivity index (χ1n) is 9.11. The third-order valence-electron chi connectivity index (χ3n) is 4.54. The number of carbonyl (C=O) groups is 1. The minimum absolute atomic E-state index is 0.0245. The van der Waals surface area contributed by atoms with Gasteiger partial charge in [0, 0.05) is 4.47 Å². The van der Waals surface area contributed by atoms with Crippen molar-refractivity contribution in [2.75, 3.05) is 20.8 Å². The summed E-state index contributed by atoms with van der Waals surface area (Å²) in [5.74, 6) is 2.13. The zero-order valence-electron chi connectivity index (χ0n) is 16.4. The fraction of sp³-hybridized carbons (Fsp3) is 0.333. The highest BCUT2D eigenvalue weighted by molar-refractivity contribution is 9.10. The molecule has 1 aliphatic heterocycles. The fourth-order valence-electron chi connectivity index (χ4n) is 3.05. The third-order valence-corrected chi connectivity index (χ3v) is 6.86. The summed E-state index contributed by atoms with van der Waals surface area (Å²) in [6, 6.07) is 11.5. The Morgan fingerprint density at radius 2 is 1.86 bits per heavy atom. The number of benzene rings is 2. The molecule has 0 spiro atoms. The molecule has 0 aromatic heterocycles. The summed E-state index contributed by atoms with van der Waals surface area (Å²) in [7, 11) is 3.24. The molecule has 2 aromatic rings. The standard InChI is InChI=1S/C21H22BrNO4S2/c1-4-27-18-9-14(16(22)11-17(18)26-3)10-19-20(24)23(21(28)29-19)12-13-5-7-15(25-2)8-6-13/h5-9,11,19H,4,10,12H2,1-3H3/t19-/m0/s1. The van der Waals surface area contributed by atoms with Crippen molar-refractivity contribution < 1.29 is 19.0 Å². The predicted octanol–water partition coefficient (Wildman–Crippen LogP) is 4.84. The number of hydrogen-bond acceptors (Lipinski definition) is 6. The Hall–Kier alpha value is -1.77. The molecule has 1 atom stereocenters. The number of rotatable bonds is 8. The lowest BCUT2D eigenvalue weighted by Crippen LogP contribution is -2.31. The summed E-state index contributed by atoms with van der Waals surface area (Å²) < 4.78 is 17.7. The lowest BCUT2D eigenvalue weighted by molar-refractivity contribution is -0.126. The van der Waals surface area contributed by atoms with Crippen LogP contribution in [-0.2, 0) is 17.8 Å². The van der Waals surface area contributed by atoms with Crippen LogP contribution < -0.4 is 14.2 Å². The maximum Gasteiger partial charge on any atom is 0.242 e. The number of amides is 1. The minimum Gasteiger partial charge on any atom is -0.497 e. The van der Waals surface area contributed by atoms with Gasteiger partial charge in [0.15, 0.2) is 11.5 Å². The molecular formula is C21H22BrNO4S2. The van der Waals surface area contributed by atoms with Gasteiger partial charge in [-0.3, -0.25) is 9.69 Å². The summed E-state index contributed by atoms with van der Waals surface area (Å²) in [5, 5.41) is -0.264. The highest BCUT2D eigenvalue weighted by Crippen LogP contribution is 2.37. The van der Waals surface area contributed by atoms with E-state index >= 15 is 0 Å².